The van der Waals surface area contributed by atoms with Crippen LogP contribution in [0.4, 0.5) is 0 Å². The molecule has 2 heterocycles. The van der Waals surface area contributed by atoms with Crippen LogP contribution >= 0.6 is 0 Å². The Balaban J connectivity index is 1.76. The van der Waals surface area contributed by atoms with E-state index in [0.29, 0.717) is 6.61 Å². The molecule has 84 valence electrons. The normalized spacial score (nSPS) is 10.6. The number of furan rings is 1. The van der Waals surface area contributed by atoms with Crippen LogP contribution in [-0.4, -0.2) is 4.98 Å². The molecule has 0 saturated carbocycles. The van der Waals surface area contributed by atoms with Crippen LogP contribution < -0.4 is 4.74 Å². The van der Waals surface area contributed by atoms with Crippen molar-refractivity contribution in [2.45, 2.75) is 6.61 Å². The fraction of sp³-hybridized carbons (Fsp3) is 0.0714. The summed E-state index contributed by atoms with van der Waals surface area (Å²) in [5.74, 6) is 0.843. The highest BCUT2D eigenvalue weighted by Gasteiger charge is 1.99. The average Bonchev–Trinajstić information content (AvgIpc) is 2.85. The Labute approximate surface area is 98.7 Å². The lowest BCUT2D eigenvalue weighted by Crippen LogP contribution is -1.94. The van der Waals surface area contributed by atoms with Crippen LogP contribution in [0.3, 0.4) is 0 Å². The van der Waals surface area contributed by atoms with E-state index in [9.17, 15) is 0 Å². The first-order valence-corrected chi connectivity index (χ1v) is 5.39. The van der Waals surface area contributed by atoms with Gasteiger partial charge in [-0.05, 0) is 35.9 Å². The van der Waals surface area contributed by atoms with Gasteiger partial charge in [-0.25, -0.2) is 0 Å². The summed E-state index contributed by atoms with van der Waals surface area (Å²) in [6, 6.07) is 9.78. The first-order valence-electron chi connectivity index (χ1n) is 5.39. The second-order valence-corrected chi connectivity index (χ2v) is 3.81. The first kappa shape index (κ1) is 9.90. The van der Waals surface area contributed by atoms with Gasteiger partial charge >= 0.3 is 0 Å². The van der Waals surface area contributed by atoms with Crippen LogP contribution in [0, 0.1) is 0 Å². The third kappa shape index (κ3) is 2.13. The number of hydrogen-bond donors (Lipinski definition) is 0. The Kier molecular flexibility index (Phi) is 2.50. The zero-order valence-electron chi connectivity index (χ0n) is 9.17. The second kappa shape index (κ2) is 4.29. The molecule has 0 unspecified atom stereocenters. The van der Waals surface area contributed by atoms with Gasteiger partial charge in [0, 0.05) is 23.2 Å². The molecule has 2 aromatic heterocycles. The summed E-state index contributed by atoms with van der Waals surface area (Å²) in [5, 5.41) is 2.14. The van der Waals surface area contributed by atoms with Crippen molar-refractivity contribution in [3.05, 3.63) is 60.8 Å². The topological polar surface area (TPSA) is 35.3 Å². The third-order valence-electron chi connectivity index (χ3n) is 2.60. The van der Waals surface area contributed by atoms with Crippen molar-refractivity contribution in [1.29, 1.82) is 0 Å². The van der Waals surface area contributed by atoms with Crippen LogP contribution in [0.2, 0.25) is 0 Å². The summed E-state index contributed by atoms with van der Waals surface area (Å²) in [5.41, 5.74) is 1.10. The molecule has 3 heteroatoms. The van der Waals surface area contributed by atoms with Crippen molar-refractivity contribution < 1.29 is 9.15 Å². The third-order valence-corrected chi connectivity index (χ3v) is 2.60. The highest BCUT2D eigenvalue weighted by atomic mass is 16.5. The Hall–Kier alpha value is -2.29. The lowest BCUT2D eigenvalue weighted by Gasteiger charge is -2.05. The van der Waals surface area contributed by atoms with Gasteiger partial charge in [-0.2, -0.15) is 0 Å². The van der Waals surface area contributed by atoms with E-state index in [1.807, 2.05) is 30.3 Å². The van der Waals surface area contributed by atoms with Gasteiger partial charge in [-0.1, -0.05) is 0 Å². The summed E-state index contributed by atoms with van der Waals surface area (Å²) in [4.78, 5) is 3.97. The zero-order valence-corrected chi connectivity index (χ0v) is 9.17. The standard InChI is InChI=1S/C14H11NO2/c1-2-14(7-13-10-16-9-12(1)13)17-8-11-3-5-15-6-4-11/h1-7,9-10H,8H2. The molecule has 0 fully saturated rings. The molecule has 3 aromatic rings. The molecule has 0 amide bonds. The van der Waals surface area contributed by atoms with Crippen molar-refractivity contribution in [3.63, 3.8) is 0 Å². The minimum atomic E-state index is 0.547. The predicted molar refractivity (Wildman–Crippen MR) is 64.8 cm³/mol. The quantitative estimate of drug-likeness (QED) is 0.685. The Bertz CT molecular complexity index is 616. The van der Waals surface area contributed by atoms with Crippen LogP contribution in [0.1, 0.15) is 5.56 Å². The molecule has 0 spiro atoms. The number of benzene rings is 1. The van der Waals surface area contributed by atoms with E-state index in [0.717, 1.165) is 22.1 Å². The molecule has 0 aliphatic carbocycles. The summed E-state index contributed by atoms with van der Waals surface area (Å²) >= 11 is 0. The maximum Gasteiger partial charge on any atom is 0.120 e. The van der Waals surface area contributed by atoms with Gasteiger partial charge in [0.1, 0.15) is 12.4 Å². The van der Waals surface area contributed by atoms with Crippen molar-refractivity contribution in [2.24, 2.45) is 0 Å². The Morgan fingerprint density at radius 1 is 1.00 bits per heavy atom. The van der Waals surface area contributed by atoms with Crippen LogP contribution in [0.25, 0.3) is 10.8 Å². The van der Waals surface area contributed by atoms with E-state index in [4.69, 9.17) is 9.15 Å². The first-order chi connectivity index (χ1) is 8.42. The second-order valence-electron chi connectivity index (χ2n) is 3.81. The van der Waals surface area contributed by atoms with E-state index in [1.54, 1.807) is 24.9 Å². The Morgan fingerprint density at radius 2 is 1.82 bits per heavy atom. The molecular formula is C14H11NO2. The number of ether oxygens (including phenoxy) is 1. The molecule has 0 bridgehead atoms. The molecule has 3 rings (SSSR count). The van der Waals surface area contributed by atoms with Crippen molar-refractivity contribution in [3.8, 4) is 5.75 Å². The van der Waals surface area contributed by atoms with Gasteiger partial charge in [0.15, 0.2) is 0 Å². The van der Waals surface area contributed by atoms with Gasteiger partial charge in [0.05, 0.1) is 12.5 Å². The van der Waals surface area contributed by atoms with E-state index < -0.39 is 0 Å². The highest BCUT2D eigenvalue weighted by molar-refractivity contribution is 5.82. The van der Waals surface area contributed by atoms with E-state index in [1.165, 1.54) is 0 Å². The van der Waals surface area contributed by atoms with Crippen molar-refractivity contribution >= 4 is 10.8 Å². The van der Waals surface area contributed by atoms with E-state index >= 15 is 0 Å². The highest BCUT2D eigenvalue weighted by Crippen LogP contribution is 2.22. The largest absolute Gasteiger partial charge is 0.489 e. The molecule has 0 N–H and O–H groups in total. The number of hydrogen-bond acceptors (Lipinski definition) is 3. The summed E-state index contributed by atoms with van der Waals surface area (Å²) in [6.07, 6.45) is 6.96. The van der Waals surface area contributed by atoms with Gasteiger partial charge in [0.25, 0.3) is 0 Å². The lowest BCUT2D eigenvalue weighted by atomic mass is 10.2. The molecule has 0 aliphatic rings. The zero-order chi connectivity index (χ0) is 11.5. The molecule has 0 radical (unpaired) electrons. The summed E-state index contributed by atoms with van der Waals surface area (Å²) < 4.78 is 10.8. The number of fused-ring (bicyclic) bond motifs is 1. The van der Waals surface area contributed by atoms with Crippen LogP contribution in [0.5, 0.6) is 5.75 Å². The van der Waals surface area contributed by atoms with Crippen LogP contribution in [-0.2, 0) is 6.61 Å². The number of nitrogens with zero attached hydrogens (tertiary/aromatic N) is 1. The monoisotopic (exact) mass is 225 g/mol. The Morgan fingerprint density at radius 3 is 2.71 bits per heavy atom. The summed E-state index contributed by atoms with van der Waals surface area (Å²) in [6.45, 7) is 0.547. The van der Waals surface area contributed by atoms with Gasteiger partial charge in [-0.15, -0.1) is 0 Å². The number of rotatable bonds is 3. The van der Waals surface area contributed by atoms with E-state index in [-0.39, 0.29) is 0 Å². The minimum absolute atomic E-state index is 0.547. The van der Waals surface area contributed by atoms with E-state index in [2.05, 4.69) is 4.98 Å². The van der Waals surface area contributed by atoms with Crippen molar-refractivity contribution in [1.82, 2.24) is 4.98 Å². The van der Waals surface area contributed by atoms with Gasteiger partial charge < -0.3 is 9.15 Å². The van der Waals surface area contributed by atoms with Gasteiger partial charge in [-0.3, -0.25) is 4.98 Å². The molecular weight excluding hydrogens is 214 g/mol. The average molecular weight is 225 g/mol. The molecule has 0 atom stereocenters. The fourth-order valence-electron chi connectivity index (χ4n) is 1.68. The number of aromatic nitrogens is 1. The van der Waals surface area contributed by atoms with Crippen LogP contribution in [0.15, 0.2) is 59.7 Å². The molecule has 0 saturated heterocycles. The SMILES string of the molecule is c1cc(COc2ccc3cocc3c2)ccn1. The maximum atomic E-state index is 5.70. The molecule has 17 heavy (non-hydrogen) atoms. The molecule has 3 nitrogen and oxygen atoms in total. The number of pyridine rings is 1. The minimum Gasteiger partial charge on any atom is -0.489 e. The fourth-order valence-corrected chi connectivity index (χ4v) is 1.68. The summed E-state index contributed by atoms with van der Waals surface area (Å²) in [7, 11) is 0. The smallest absolute Gasteiger partial charge is 0.120 e. The molecule has 0 aliphatic heterocycles. The molecule has 1 aromatic carbocycles. The predicted octanol–water partition coefficient (Wildman–Crippen LogP) is 3.41. The lowest BCUT2D eigenvalue weighted by molar-refractivity contribution is 0.306. The van der Waals surface area contributed by atoms with Gasteiger partial charge in [0.2, 0.25) is 0 Å². The van der Waals surface area contributed by atoms with Crippen molar-refractivity contribution in [2.75, 3.05) is 0 Å². The maximum absolute atomic E-state index is 5.70.